The summed E-state index contributed by atoms with van der Waals surface area (Å²) in [7, 11) is -5.03. The lowest BCUT2D eigenvalue weighted by atomic mass is 10.1. The van der Waals surface area contributed by atoms with Crippen molar-refractivity contribution in [3.8, 4) is 0 Å². The Kier molecular flexibility index (Phi) is 8.76. The summed E-state index contributed by atoms with van der Waals surface area (Å²) in [6, 6.07) is 0.245. The Morgan fingerprint density at radius 3 is 2.59 bits per heavy atom. The smallest absolute Gasteiger partial charge is 0.361 e. The van der Waals surface area contributed by atoms with Crippen LogP contribution in [0.1, 0.15) is 45.8 Å². The molecule has 14 nitrogen and oxygen atoms in total. The van der Waals surface area contributed by atoms with Crippen LogP contribution in [0.15, 0.2) is 6.20 Å². The quantitative estimate of drug-likeness (QED) is 0.165. The number of halogens is 1. The van der Waals surface area contributed by atoms with Gasteiger partial charge in [0.1, 0.15) is 24.1 Å². The highest BCUT2D eigenvalue weighted by Crippen LogP contribution is 2.51. The fourth-order valence-electron chi connectivity index (χ4n) is 4.46. The van der Waals surface area contributed by atoms with Crippen LogP contribution in [-0.2, 0) is 18.8 Å². The van der Waals surface area contributed by atoms with E-state index >= 15 is 0 Å². The summed E-state index contributed by atoms with van der Waals surface area (Å²) in [6.07, 6.45) is -0.0700. The Hall–Kier alpha value is -1.45. The first-order valence-electron chi connectivity index (χ1n) is 12.1. The van der Waals surface area contributed by atoms with E-state index < -0.39 is 63.4 Å². The van der Waals surface area contributed by atoms with E-state index in [0.717, 1.165) is 25.7 Å². The van der Waals surface area contributed by atoms with Gasteiger partial charge in [-0.1, -0.05) is 12.8 Å². The molecule has 1 saturated carbocycles. The summed E-state index contributed by atoms with van der Waals surface area (Å²) >= 11 is 6.16. The van der Waals surface area contributed by atoms with Gasteiger partial charge in [0, 0.05) is 6.04 Å². The Balaban J connectivity index is 1.54. The minimum Gasteiger partial charge on any atom is -0.393 e. The van der Waals surface area contributed by atoms with Crippen LogP contribution < -0.4 is 5.32 Å². The maximum atomic E-state index is 12.2. The second kappa shape index (κ2) is 11.3. The summed E-state index contributed by atoms with van der Waals surface area (Å²) in [5.41, 5.74) is 0.267. The van der Waals surface area contributed by atoms with E-state index in [1.165, 1.54) is 10.9 Å². The number of hydrogen-bond acceptors (Lipinski definition) is 11. The molecule has 0 unspecified atom stereocenters. The predicted octanol–water partition coefficient (Wildman–Crippen LogP) is 0.761. The molecule has 1 saturated heterocycles. The molecule has 0 spiro atoms. The molecular weight excluding hydrogens is 533 g/mol. The number of nitrogens with one attached hydrogen (secondary N) is 1. The molecule has 2 aliphatic rings. The topological polar surface area (TPSA) is 202 Å². The van der Waals surface area contributed by atoms with Crippen LogP contribution in [-0.4, -0.2) is 100 Å². The van der Waals surface area contributed by atoms with Crippen molar-refractivity contribution in [2.24, 2.45) is 0 Å². The number of anilines is 1. The first-order valence-corrected chi connectivity index (χ1v) is 14.1. The molecule has 2 aromatic rings. The molecule has 16 heteroatoms. The number of aliphatic hydroxyl groups is 3. The molecule has 6 N–H and O–H groups in total. The highest BCUT2D eigenvalue weighted by Gasteiger charge is 2.51. The number of fused-ring (bicyclic) bond motifs is 1. The molecule has 1 aliphatic heterocycles. The Morgan fingerprint density at radius 1 is 1.27 bits per heavy atom. The van der Waals surface area contributed by atoms with Crippen molar-refractivity contribution < 1.29 is 43.9 Å². The van der Waals surface area contributed by atoms with Crippen LogP contribution >= 0.6 is 19.2 Å². The fourth-order valence-corrected chi connectivity index (χ4v) is 5.29. The maximum absolute atomic E-state index is 12.2. The van der Waals surface area contributed by atoms with Crippen LogP contribution in [0.3, 0.4) is 0 Å². The third kappa shape index (κ3) is 5.93. The lowest BCUT2D eigenvalue weighted by molar-refractivity contribution is -0.134. The molecular formula is C21H33ClN5O9P. The van der Waals surface area contributed by atoms with Gasteiger partial charge in [0.25, 0.3) is 0 Å². The van der Waals surface area contributed by atoms with Crippen LogP contribution in [0.25, 0.3) is 11.0 Å². The van der Waals surface area contributed by atoms with Crippen molar-refractivity contribution in [1.29, 1.82) is 0 Å². The van der Waals surface area contributed by atoms with Gasteiger partial charge in [0.15, 0.2) is 11.9 Å². The number of aliphatic hydroxyl groups excluding tert-OH is 3. The first-order chi connectivity index (χ1) is 17.5. The molecule has 3 heterocycles. The SMILES string of the molecule is CC(C)OC[C@@](CO)(OC[C@H]1O[C@@H](n2ncc3c(NC4CCCC4)nc(Cl)nc32)[C@H](O)[C@@H]1O)P(=O)(O)O. The van der Waals surface area contributed by atoms with Gasteiger partial charge in [-0.15, -0.1) is 0 Å². The van der Waals surface area contributed by atoms with E-state index in [-0.39, 0.29) is 17.0 Å². The number of aromatic nitrogens is 4. The number of rotatable bonds is 11. The van der Waals surface area contributed by atoms with E-state index in [4.69, 9.17) is 25.8 Å². The first kappa shape index (κ1) is 28.6. The average molecular weight is 566 g/mol. The molecule has 0 bridgehead atoms. The molecule has 0 amide bonds. The third-order valence-electron chi connectivity index (χ3n) is 6.64. The van der Waals surface area contributed by atoms with Crippen LogP contribution in [0.2, 0.25) is 5.28 Å². The van der Waals surface area contributed by atoms with Crippen LogP contribution in [0.5, 0.6) is 0 Å². The molecule has 0 radical (unpaired) electrons. The largest absolute Gasteiger partial charge is 0.393 e. The minimum atomic E-state index is -5.03. The van der Waals surface area contributed by atoms with E-state index in [9.17, 15) is 29.7 Å². The van der Waals surface area contributed by atoms with Gasteiger partial charge in [0.05, 0.1) is 37.5 Å². The van der Waals surface area contributed by atoms with Crippen molar-refractivity contribution in [1.82, 2.24) is 19.7 Å². The Labute approximate surface area is 218 Å². The molecule has 37 heavy (non-hydrogen) atoms. The Morgan fingerprint density at radius 2 is 1.97 bits per heavy atom. The van der Waals surface area contributed by atoms with Gasteiger partial charge in [-0.25, -0.2) is 4.68 Å². The molecule has 5 atom stereocenters. The van der Waals surface area contributed by atoms with Gasteiger partial charge in [-0.3, -0.25) is 4.57 Å². The Bertz CT molecular complexity index is 1130. The lowest BCUT2D eigenvalue weighted by Gasteiger charge is -2.33. The highest BCUT2D eigenvalue weighted by molar-refractivity contribution is 7.53. The van der Waals surface area contributed by atoms with Crippen molar-refractivity contribution in [3.63, 3.8) is 0 Å². The summed E-state index contributed by atoms with van der Waals surface area (Å²) in [5, 5.41) is 36.9. The van der Waals surface area contributed by atoms with Gasteiger partial charge in [-0.05, 0) is 38.3 Å². The zero-order valence-corrected chi connectivity index (χ0v) is 22.1. The molecule has 0 aromatic carbocycles. The zero-order chi connectivity index (χ0) is 27.0. The van der Waals surface area contributed by atoms with Gasteiger partial charge in [0.2, 0.25) is 10.6 Å². The van der Waals surface area contributed by atoms with E-state index in [1.807, 2.05) is 0 Å². The number of hydrogen-bond donors (Lipinski definition) is 6. The van der Waals surface area contributed by atoms with Crippen LogP contribution in [0, 0.1) is 0 Å². The summed E-state index contributed by atoms with van der Waals surface area (Å²) in [4.78, 5) is 28.2. The van der Waals surface area contributed by atoms with E-state index in [1.54, 1.807) is 13.8 Å². The van der Waals surface area contributed by atoms with Gasteiger partial charge < -0.3 is 44.6 Å². The molecule has 208 valence electrons. The van der Waals surface area contributed by atoms with Crippen molar-refractivity contribution >= 4 is 36.0 Å². The second-order valence-corrected chi connectivity index (χ2v) is 11.9. The second-order valence-electron chi connectivity index (χ2n) is 9.66. The van der Waals surface area contributed by atoms with Gasteiger partial charge >= 0.3 is 7.60 Å². The fraction of sp³-hybridized carbons (Fsp3) is 0.762. The molecule has 1 aliphatic carbocycles. The van der Waals surface area contributed by atoms with Crippen molar-refractivity contribution in [2.75, 3.05) is 25.1 Å². The van der Waals surface area contributed by atoms with Crippen LogP contribution in [0.4, 0.5) is 5.82 Å². The number of ether oxygens (including phenoxy) is 3. The monoisotopic (exact) mass is 565 g/mol. The lowest BCUT2D eigenvalue weighted by Crippen LogP contribution is -2.45. The zero-order valence-electron chi connectivity index (χ0n) is 20.5. The highest BCUT2D eigenvalue weighted by atomic mass is 35.5. The summed E-state index contributed by atoms with van der Waals surface area (Å²) < 4.78 is 30.0. The predicted molar refractivity (Wildman–Crippen MR) is 131 cm³/mol. The summed E-state index contributed by atoms with van der Waals surface area (Å²) in [6.45, 7) is 1.10. The standard InChI is InChI=1S/C21H33ClN5O9P/c1-11(2)34-10-21(9-28,37(31,32)33)35-8-14-15(29)16(30)19(36-14)27-18-13(7-23-27)17(25-20(22)26-18)24-12-5-3-4-6-12/h7,11-12,14-16,19,28-30H,3-6,8-10H2,1-2H3,(H,24,25,26)(H2,31,32,33)/t14-,15-,16-,19-,21+/m1/s1. The number of nitrogens with zero attached hydrogens (tertiary/aromatic N) is 4. The van der Waals surface area contributed by atoms with Gasteiger partial charge in [-0.2, -0.15) is 15.1 Å². The molecule has 4 rings (SSSR count). The molecule has 2 fully saturated rings. The van der Waals surface area contributed by atoms with Crippen molar-refractivity contribution in [2.45, 2.75) is 81.6 Å². The van der Waals surface area contributed by atoms with Crippen molar-refractivity contribution in [3.05, 3.63) is 11.5 Å². The van der Waals surface area contributed by atoms with E-state index in [0.29, 0.717) is 11.2 Å². The molecule has 2 aromatic heterocycles. The normalized spacial score (nSPS) is 26.8. The minimum absolute atomic E-state index is 0.0396. The van der Waals surface area contributed by atoms with E-state index in [2.05, 4.69) is 20.4 Å². The third-order valence-corrected chi connectivity index (χ3v) is 8.27. The summed E-state index contributed by atoms with van der Waals surface area (Å²) in [5.74, 6) is 0.501. The average Bonchev–Trinajstić information content (AvgIpc) is 3.55. The maximum Gasteiger partial charge on any atom is 0.361 e.